The molecule has 1 aromatic rings. The van der Waals surface area contributed by atoms with Crippen molar-refractivity contribution in [2.45, 2.75) is 71.4 Å². The fraction of sp³-hybridized carbons (Fsp3) is 0.593. The lowest BCUT2D eigenvalue weighted by atomic mass is 9.55. The van der Waals surface area contributed by atoms with Gasteiger partial charge >= 0.3 is 6.09 Å². The van der Waals surface area contributed by atoms with Crippen molar-refractivity contribution in [3.05, 3.63) is 29.3 Å². The number of hydrogen-bond acceptors (Lipinski definition) is 6. The first-order valence-corrected chi connectivity index (χ1v) is 13.0. The summed E-state index contributed by atoms with van der Waals surface area (Å²) in [6, 6.07) is 4.10. The molecule has 3 heterocycles. The van der Waals surface area contributed by atoms with Crippen LogP contribution in [0.4, 0.5) is 10.5 Å². The molecule has 0 bridgehead atoms. The molecule has 1 aliphatic carbocycles. The van der Waals surface area contributed by atoms with Gasteiger partial charge in [0.05, 0.1) is 11.1 Å². The number of nitrogens with zero attached hydrogens (tertiary/aromatic N) is 2. The van der Waals surface area contributed by atoms with E-state index in [4.69, 9.17) is 0 Å². The van der Waals surface area contributed by atoms with Gasteiger partial charge in [-0.3, -0.25) is 29.4 Å². The lowest BCUT2D eigenvalue weighted by Gasteiger charge is -2.63. The number of fused-ring (bicyclic) bond motifs is 1. The van der Waals surface area contributed by atoms with Crippen LogP contribution >= 0.6 is 0 Å². The second kappa shape index (κ2) is 8.85. The molecule has 10 heteroatoms. The molecule has 1 aromatic carbocycles. The summed E-state index contributed by atoms with van der Waals surface area (Å²) in [6.07, 6.45) is 3.18. The third kappa shape index (κ3) is 4.16. The molecule has 3 aliphatic heterocycles. The second-order valence-electron chi connectivity index (χ2n) is 12.0. The molecule has 2 atom stereocenters. The maximum atomic E-state index is 13.3. The van der Waals surface area contributed by atoms with Gasteiger partial charge < -0.3 is 15.3 Å². The van der Waals surface area contributed by atoms with E-state index in [1.165, 1.54) is 0 Å². The van der Waals surface area contributed by atoms with Crippen LogP contribution in [0.25, 0.3) is 0 Å². The van der Waals surface area contributed by atoms with Crippen molar-refractivity contribution in [3.63, 3.8) is 0 Å². The average molecular weight is 511 g/mol. The molecule has 37 heavy (non-hydrogen) atoms. The number of hydrogen-bond donors (Lipinski definition) is 3. The summed E-state index contributed by atoms with van der Waals surface area (Å²) in [5.41, 5.74) is 0.991. The van der Waals surface area contributed by atoms with Crippen molar-refractivity contribution in [3.8, 4) is 0 Å². The topological polar surface area (TPSA) is 136 Å². The zero-order valence-electron chi connectivity index (χ0n) is 21.5. The molecule has 1 spiro atoms. The summed E-state index contributed by atoms with van der Waals surface area (Å²) in [6.45, 7) is 7.54. The van der Waals surface area contributed by atoms with E-state index in [1.54, 1.807) is 23.1 Å². The average Bonchev–Trinajstić information content (AvgIpc) is 3.06. The van der Waals surface area contributed by atoms with Crippen LogP contribution in [0.5, 0.6) is 0 Å². The third-order valence-electron chi connectivity index (χ3n) is 8.59. The number of carbonyl (C=O) groups excluding carboxylic acids is 4. The van der Waals surface area contributed by atoms with E-state index >= 15 is 0 Å². The summed E-state index contributed by atoms with van der Waals surface area (Å²) < 4.78 is 0. The highest BCUT2D eigenvalue weighted by atomic mass is 16.4. The molecule has 3 fully saturated rings. The van der Waals surface area contributed by atoms with Gasteiger partial charge in [0.2, 0.25) is 11.8 Å². The molecule has 2 saturated heterocycles. The largest absolute Gasteiger partial charge is 0.465 e. The van der Waals surface area contributed by atoms with Gasteiger partial charge in [0.25, 0.3) is 11.8 Å². The molecule has 2 unspecified atom stereocenters. The van der Waals surface area contributed by atoms with Crippen molar-refractivity contribution < 1.29 is 29.1 Å². The molecule has 4 aliphatic rings. The van der Waals surface area contributed by atoms with E-state index < -0.39 is 35.8 Å². The Balaban J connectivity index is 1.25. The molecular weight excluding hydrogens is 476 g/mol. The molecule has 10 nitrogen and oxygen atoms in total. The SMILES string of the molecule is CC(C)(C)C1N(C(=O)O)CC12CCC(CNc1cccc3c1C(=O)N(C1CCC(=O)NC1=O)C3=O)CC2. The first kappa shape index (κ1) is 25.2. The number of nitrogens with one attached hydrogen (secondary N) is 2. The molecule has 0 radical (unpaired) electrons. The first-order chi connectivity index (χ1) is 17.4. The van der Waals surface area contributed by atoms with Gasteiger partial charge in [0, 0.05) is 36.7 Å². The third-order valence-corrected chi connectivity index (χ3v) is 8.59. The van der Waals surface area contributed by atoms with E-state index in [-0.39, 0.29) is 40.8 Å². The van der Waals surface area contributed by atoms with Crippen molar-refractivity contribution in [2.24, 2.45) is 16.7 Å². The Labute approximate surface area is 215 Å². The number of anilines is 1. The maximum absolute atomic E-state index is 13.3. The van der Waals surface area contributed by atoms with Crippen LogP contribution < -0.4 is 10.6 Å². The lowest BCUT2D eigenvalue weighted by Crippen LogP contribution is -2.71. The van der Waals surface area contributed by atoms with Crippen LogP contribution in [-0.4, -0.2) is 69.8 Å². The fourth-order valence-corrected chi connectivity index (χ4v) is 7.10. The predicted molar refractivity (Wildman–Crippen MR) is 134 cm³/mol. The van der Waals surface area contributed by atoms with Gasteiger partial charge in [-0.25, -0.2) is 4.79 Å². The van der Waals surface area contributed by atoms with Gasteiger partial charge in [-0.1, -0.05) is 26.8 Å². The van der Waals surface area contributed by atoms with Crippen LogP contribution in [-0.2, 0) is 9.59 Å². The molecule has 3 N–H and O–H groups in total. The van der Waals surface area contributed by atoms with E-state index in [0.29, 0.717) is 24.7 Å². The zero-order valence-corrected chi connectivity index (χ0v) is 21.5. The molecule has 5 amide bonds. The Hall–Kier alpha value is -3.43. The molecule has 5 rings (SSSR count). The minimum atomic E-state index is -0.990. The normalized spacial score (nSPS) is 29.8. The summed E-state index contributed by atoms with van der Waals surface area (Å²) in [4.78, 5) is 64.5. The maximum Gasteiger partial charge on any atom is 0.407 e. The van der Waals surface area contributed by atoms with Crippen LogP contribution in [0.1, 0.15) is 80.0 Å². The molecule has 198 valence electrons. The van der Waals surface area contributed by atoms with E-state index in [1.807, 2.05) is 0 Å². The number of amides is 5. The number of piperidine rings is 1. The van der Waals surface area contributed by atoms with Crippen LogP contribution in [0.3, 0.4) is 0 Å². The Bertz CT molecular complexity index is 1180. The number of carbonyl (C=O) groups is 5. The van der Waals surface area contributed by atoms with Crippen molar-refractivity contribution >= 4 is 35.4 Å². The molecule has 0 aromatic heterocycles. The summed E-state index contributed by atoms with van der Waals surface area (Å²) in [7, 11) is 0. The smallest absolute Gasteiger partial charge is 0.407 e. The number of benzene rings is 1. The van der Waals surface area contributed by atoms with Gasteiger partial charge in [-0.05, 0) is 55.6 Å². The minimum Gasteiger partial charge on any atom is -0.465 e. The number of carboxylic acid groups (broad SMARTS) is 1. The van der Waals surface area contributed by atoms with Gasteiger partial charge in [0.1, 0.15) is 6.04 Å². The van der Waals surface area contributed by atoms with Crippen molar-refractivity contribution in [2.75, 3.05) is 18.4 Å². The Morgan fingerprint density at radius 1 is 1.11 bits per heavy atom. The van der Waals surface area contributed by atoms with Crippen molar-refractivity contribution in [1.29, 1.82) is 0 Å². The first-order valence-electron chi connectivity index (χ1n) is 13.0. The summed E-state index contributed by atoms with van der Waals surface area (Å²) in [5, 5.41) is 15.2. The zero-order chi connectivity index (χ0) is 26.7. The second-order valence-corrected chi connectivity index (χ2v) is 12.0. The monoisotopic (exact) mass is 510 g/mol. The van der Waals surface area contributed by atoms with E-state index in [2.05, 4.69) is 31.4 Å². The summed E-state index contributed by atoms with van der Waals surface area (Å²) in [5.74, 6) is -1.70. The Morgan fingerprint density at radius 2 is 1.81 bits per heavy atom. The van der Waals surface area contributed by atoms with Gasteiger partial charge in [-0.15, -0.1) is 0 Å². The van der Waals surface area contributed by atoms with Crippen LogP contribution in [0.2, 0.25) is 0 Å². The quantitative estimate of drug-likeness (QED) is 0.530. The highest BCUT2D eigenvalue weighted by Gasteiger charge is 2.59. The van der Waals surface area contributed by atoms with Crippen LogP contribution in [0.15, 0.2) is 18.2 Å². The number of likely N-dealkylation sites (tertiary alicyclic amines) is 1. The highest BCUT2D eigenvalue weighted by Crippen LogP contribution is 2.55. The van der Waals surface area contributed by atoms with Gasteiger partial charge in [-0.2, -0.15) is 0 Å². The van der Waals surface area contributed by atoms with Gasteiger partial charge in [0.15, 0.2) is 0 Å². The Morgan fingerprint density at radius 3 is 2.43 bits per heavy atom. The predicted octanol–water partition coefficient (Wildman–Crippen LogP) is 3.08. The van der Waals surface area contributed by atoms with E-state index in [9.17, 15) is 29.1 Å². The highest BCUT2D eigenvalue weighted by molar-refractivity contribution is 6.25. The minimum absolute atomic E-state index is 0.00528. The van der Waals surface area contributed by atoms with Crippen LogP contribution in [0, 0.1) is 16.7 Å². The van der Waals surface area contributed by atoms with Crippen molar-refractivity contribution in [1.82, 2.24) is 15.1 Å². The number of imide groups is 2. The standard InChI is InChI=1S/C27H34N4O6/c1-26(2,3)24-27(14-30(24)25(36)37)11-9-15(10-12-27)13-28-17-6-4-5-16-20(17)23(35)31(22(16)34)18-7-8-19(32)29-21(18)33/h4-6,15,18,24,28H,7-14H2,1-3H3,(H,36,37)(H,29,32,33). The summed E-state index contributed by atoms with van der Waals surface area (Å²) >= 11 is 0. The fourth-order valence-electron chi connectivity index (χ4n) is 7.10. The Kier molecular flexibility index (Phi) is 6.03. The van der Waals surface area contributed by atoms with E-state index in [0.717, 1.165) is 30.6 Å². The molecule has 1 saturated carbocycles. The number of rotatable bonds is 4. The lowest BCUT2D eigenvalue weighted by molar-refractivity contribution is -0.136. The molecular formula is C27H34N4O6.